The van der Waals surface area contributed by atoms with Crippen molar-refractivity contribution in [2.75, 3.05) is 0 Å². The fraction of sp³-hybridized carbons (Fsp3) is 0.524. The lowest BCUT2D eigenvalue weighted by molar-refractivity contribution is -0.121. The quantitative estimate of drug-likeness (QED) is 0.228. The number of Topliss-reactive ketones (excluding diaryl/α,β-unsaturated/α-hetero) is 4. The second kappa shape index (κ2) is 14.2. The van der Waals surface area contributed by atoms with E-state index in [1.54, 1.807) is 0 Å². The molecule has 0 bridgehead atoms. The summed E-state index contributed by atoms with van der Waals surface area (Å²) in [5.74, 6) is -1.79. The van der Waals surface area contributed by atoms with Gasteiger partial charge >= 0.3 is 0 Å². The van der Waals surface area contributed by atoms with Crippen molar-refractivity contribution in [1.82, 2.24) is 0 Å². The maximum atomic E-state index is 12.9. The normalized spacial score (nSPS) is 23.1. The van der Waals surface area contributed by atoms with Crippen molar-refractivity contribution in [3.8, 4) is 0 Å². The monoisotopic (exact) mass is 748 g/mol. The molecule has 10 heteroatoms. The molecule has 0 aliphatic heterocycles. The molecule has 4 aliphatic rings. The van der Waals surface area contributed by atoms with Gasteiger partial charge in [0, 0.05) is 85.5 Å². The zero-order valence-corrected chi connectivity index (χ0v) is 33.1. The van der Waals surface area contributed by atoms with Crippen LogP contribution in [0.3, 0.4) is 0 Å². The Morgan fingerprint density at radius 1 is 0.442 bits per heavy atom. The van der Waals surface area contributed by atoms with Crippen molar-refractivity contribution >= 4 is 45.8 Å². The van der Waals surface area contributed by atoms with Gasteiger partial charge in [0.15, 0.2) is 23.1 Å². The van der Waals surface area contributed by atoms with E-state index >= 15 is 0 Å². The lowest BCUT2D eigenvalue weighted by Gasteiger charge is -2.36. The number of allylic oxidation sites excluding steroid dienone is 8. The Kier molecular flexibility index (Phi) is 10.8. The first-order chi connectivity index (χ1) is 24.0. The Hall–Kier alpha value is -3.76. The summed E-state index contributed by atoms with van der Waals surface area (Å²) in [6.07, 6.45) is 2.85. The molecule has 0 aromatic carbocycles. The average Bonchev–Trinajstić information content (AvgIpc) is 3.67. The number of thiophene rings is 2. The maximum absolute atomic E-state index is 12.9. The van der Waals surface area contributed by atoms with E-state index in [0.717, 1.165) is 11.1 Å². The zero-order valence-electron chi connectivity index (χ0n) is 31.5. The van der Waals surface area contributed by atoms with Gasteiger partial charge in [-0.3, -0.25) is 19.2 Å². The van der Waals surface area contributed by atoms with Gasteiger partial charge in [0.25, 0.3) is 0 Å². The Morgan fingerprint density at radius 3 is 0.846 bits per heavy atom. The van der Waals surface area contributed by atoms with Gasteiger partial charge in [-0.1, -0.05) is 55.4 Å². The van der Waals surface area contributed by atoms with E-state index in [4.69, 9.17) is 0 Å². The standard InChI is InChI=1S/2C21H26O4S/c2*1-20(2)7-13(22)18(14(23)8-20)17(12-5-6-26-11-12)19-15(24)9-21(3,4)10-16(19)25/h2*5-6,11,17,22,24H,7-10H2,1-4H3. The summed E-state index contributed by atoms with van der Waals surface area (Å²) in [6, 6.07) is 3.71. The molecule has 0 saturated heterocycles. The third-order valence-corrected chi connectivity index (χ3v) is 11.9. The highest BCUT2D eigenvalue weighted by Gasteiger charge is 2.45. The molecule has 0 spiro atoms. The van der Waals surface area contributed by atoms with Crippen molar-refractivity contribution in [2.24, 2.45) is 21.7 Å². The molecule has 2 aromatic rings. The van der Waals surface area contributed by atoms with Crippen LogP contribution in [0.5, 0.6) is 0 Å². The predicted octanol–water partition coefficient (Wildman–Crippen LogP) is 10.5. The molecule has 0 unspecified atom stereocenters. The third kappa shape index (κ3) is 8.38. The minimum Gasteiger partial charge on any atom is -0.512 e. The summed E-state index contributed by atoms with van der Waals surface area (Å²) in [5.41, 5.74) is 1.43. The van der Waals surface area contributed by atoms with Crippen LogP contribution in [0.25, 0.3) is 0 Å². The average molecular weight is 749 g/mol. The number of rotatable bonds is 6. The lowest BCUT2D eigenvalue weighted by atomic mass is 9.67. The number of carbonyl (C=O) groups is 4. The number of carbonyl (C=O) groups excluding carboxylic acids is 4. The van der Waals surface area contributed by atoms with E-state index in [0.29, 0.717) is 51.4 Å². The van der Waals surface area contributed by atoms with E-state index in [2.05, 4.69) is 0 Å². The van der Waals surface area contributed by atoms with E-state index in [-0.39, 0.29) is 90.1 Å². The fourth-order valence-corrected chi connectivity index (χ4v) is 9.72. The summed E-state index contributed by atoms with van der Waals surface area (Å²) in [5, 5.41) is 50.3. The molecule has 8 nitrogen and oxygen atoms in total. The van der Waals surface area contributed by atoms with E-state index < -0.39 is 11.8 Å². The maximum Gasteiger partial charge on any atom is 0.163 e. The molecule has 6 rings (SSSR count). The van der Waals surface area contributed by atoms with Gasteiger partial charge in [0.2, 0.25) is 0 Å². The Bertz CT molecular complexity index is 1650. The molecule has 52 heavy (non-hydrogen) atoms. The molecular formula is C42H52O8S2. The molecule has 0 radical (unpaired) electrons. The Labute approximate surface area is 314 Å². The molecule has 2 aromatic heterocycles. The SMILES string of the molecule is CC1(C)CC(=O)C(C(C2=C(O)CC(C)(C)CC2=O)c2ccsc2)=C(O)C1.CC1(C)CC(=O)C(C(C2=C(O)CC(C)(C)CC2=O)c2ccsc2)=C(O)C1. The van der Waals surface area contributed by atoms with Gasteiger partial charge in [0.05, 0.1) is 0 Å². The van der Waals surface area contributed by atoms with Crippen LogP contribution in [0.4, 0.5) is 0 Å². The van der Waals surface area contributed by atoms with Crippen molar-refractivity contribution in [3.05, 3.63) is 90.1 Å². The van der Waals surface area contributed by atoms with Crippen LogP contribution in [-0.4, -0.2) is 43.6 Å². The molecule has 4 N–H and O–H groups in total. The topological polar surface area (TPSA) is 149 Å². The van der Waals surface area contributed by atoms with Crippen LogP contribution in [-0.2, 0) is 19.2 Å². The molecule has 0 atom stereocenters. The van der Waals surface area contributed by atoms with Crippen LogP contribution >= 0.6 is 22.7 Å². The Balaban J connectivity index is 0.000000201. The summed E-state index contributed by atoms with van der Waals surface area (Å²) < 4.78 is 0. The van der Waals surface area contributed by atoms with Crippen molar-refractivity contribution in [3.63, 3.8) is 0 Å². The number of hydrogen-bond donors (Lipinski definition) is 4. The van der Waals surface area contributed by atoms with Gasteiger partial charge < -0.3 is 20.4 Å². The highest BCUT2D eigenvalue weighted by atomic mass is 32.1. The second-order valence-electron chi connectivity index (χ2n) is 18.2. The van der Waals surface area contributed by atoms with Crippen molar-refractivity contribution in [1.29, 1.82) is 0 Å². The lowest BCUT2D eigenvalue weighted by Crippen LogP contribution is -2.33. The highest BCUT2D eigenvalue weighted by molar-refractivity contribution is 7.08. The predicted molar refractivity (Wildman–Crippen MR) is 205 cm³/mol. The van der Waals surface area contributed by atoms with E-state index in [1.165, 1.54) is 22.7 Å². The second-order valence-corrected chi connectivity index (χ2v) is 19.7. The molecule has 2 heterocycles. The number of aliphatic hydroxyl groups excluding tert-OH is 4. The summed E-state index contributed by atoms with van der Waals surface area (Å²) in [4.78, 5) is 51.6. The first-order valence-electron chi connectivity index (χ1n) is 17.9. The number of aliphatic hydroxyl groups is 4. The van der Waals surface area contributed by atoms with Crippen LogP contribution < -0.4 is 0 Å². The fourth-order valence-electron chi connectivity index (χ4n) is 8.35. The van der Waals surface area contributed by atoms with Gasteiger partial charge in [-0.25, -0.2) is 0 Å². The van der Waals surface area contributed by atoms with Gasteiger partial charge in [0.1, 0.15) is 23.0 Å². The zero-order chi connectivity index (χ0) is 38.6. The molecule has 0 amide bonds. The van der Waals surface area contributed by atoms with Crippen LogP contribution in [0.2, 0.25) is 0 Å². The summed E-state index contributed by atoms with van der Waals surface area (Å²) >= 11 is 2.94. The largest absolute Gasteiger partial charge is 0.512 e. The van der Waals surface area contributed by atoms with Crippen molar-refractivity contribution in [2.45, 2.75) is 119 Å². The molecule has 280 valence electrons. The van der Waals surface area contributed by atoms with Gasteiger partial charge in [-0.15, -0.1) is 0 Å². The molecule has 0 fully saturated rings. The minimum absolute atomic E-state index is 0.0420. The smallest absolute Gasteiger partial charge is 0.163 e. The first kappa shape index (κ1) is 39.4. The van der Waals surface area contributed by atoms with Crippen molar-refractivity contribution < 1.29 is 39.6 Å². The number of hydrogen-bond acceptors (Lipinski definition) is 10. The van der Waals surface area contributed by atoms with Crippen LogP contribution in [0, 0.1) is 21.7 Å². The van der Waals surface area contributed by atoms with Gasteiger partial charge in [-0.05, 0) is 66.4 Å². The van der Waals surface area contributed by atoms with Crippen LogP contribution in [0.15, 0.2) is 79.0 Å². The first-order valence-corrected chi connectivity index (χ1v) is 19.7. The van der Waals surface area contributed by atoms with E-state index in [9.17, 15) is 39.6 Å². The van der Waals surface area contributed by atoms with Gasteiger partial charge in [-0.2, -0.15) is 22.7 Å². The molecule has 0 saturated carbocycles. The minimum atomic E-state index is -0.687. The third-order valence-electron chi connectivity index (χ3n) is 10.5. The number of ketones is 4. The van der Waals surface area contributed by atoms with E-state index in [1.807, 2.05) is 89.0 Å². The molecule has 4 aliphatic carbocycles. The highest BCUT2D eigenvalue weighted by Crippen LogP contribution is 2.50. The summed E-state index contributed by atoms with van der Waals surface area (Å²) in [7, 11) is 0. The molecular weight excluding hydrogens is 697 g/mol. The summed E-state index contributed by atoms with van der Waals surface area (Å²) in [6.45, 7) is 15.6. The Morgan fingerprint density at radius 2 is 0.673 bits per heavy atom. The van der Waals surface area contributed by atoms with Crippen LogP contribution in [0.1, 0.15) is 130 Å².